The highest BCUT2D eigenvalue weighted by Gasteiger charge is 2.26. The van der Waals surface area contributed by atoms with Crippen molar-refractivity contribution in [1.82, 2.24) is 10.2 Å². The summed E-state index contributed by atoms with van der Waals surface area (Å²) in [6, 6.07) is 7.70. The molecule has 0 bridgehead atoms. The second kappa shape index (κ2) is 7.49. The first kappa shape index (κ1) is 17.3. The Balaban J connectivity index is 2.00. The minimum absolute atomic E-state index is 0.0281. The maximum absolute atomic E-state index is 12.6. The van der Waals surface area contributed by atoms with E-state index in [0.717, 1.165) is 25.1 Å². The van der Waals surface area contributed by atoms with Gasteiger partial charge in [-0.25, -0.2) is 0 Å². The van der Waals surface area contributed by atoms with Crippen LogP contribution in [0.2, 0.25) is 0 Å². The van der Waals surface area contributed by atoms with Gasteiger partial charge >= 0.3 is 0 Å². The number of likely N-dealkylation sites (tertiary alicyclic amines) is 1. The Morgan fingerprint density at radius 3 is 2.43 bits per heavy atom. The van der Waals surface area contributed by atoms with Crippen molar-refractivity contribution in [2.24, 2.45) is 5.92 Å². The first-order valence-corrected chi connectivity index (χ1v) is 8.25. The van der Waals surface area contributed by atoms with Crippen molar-refractivity contribution in [2.45, 2.75) is 32.7 Å². The largest absolute Gasteiger partial charge is 0.378 e. The molecule has 1 heterocycles. The lowest BCUT2D eigenvalue weighted by Gasteiger charge is -2.33. The van der Waals surface area contributed by atoms with Crippen LogP contribution in [-0.4, -0.2) is 49.9 Å². The van der Waals surface area contributed by atoms with Crippen LogP contribution in [0.4, 0.5) is 5.69 Å². The number of anilines is 1. The second-order valence-electron chi connectivity index (χ2n) is 6.69. The van der Waals surface area contributed by atoms with E-state index in [9.17, 15) is 9.59 Å². The van der Waals surface area contributed by atoms with E-state index in [1.165, 1.54) is 0 Å². The van der Waals surface area contributed by atoms with E-state index < -0.39 is 0 Å². The van der Waals surface area contributed by atoms with E-state index >= 15 is 0 Å². The van der Waals surface area contributed by atoms with Crippen molar-refractivity contribution >= 4 is 17.5 Å². The van der Waals surface area contributed by atoms with Crippen LogP contribution in [0.15, 0.2) is 24.3 Å². The van der Waals surface area contributed by atoms with E-state index in [0.29, 0.717) is 12.1 Å². The average molecular weight is 317 g/mol. The number of carbonyl (C=O) groups excluding carboxylic acids is 2. The topological polar surface area (TPSA) is 52.7 Å². The molecule has 5 heteroatoms. The highest BCUT2D eigenvalue weighted by Crippen LogP contribution is 2.17. The third kappa shape index (κ3) is 4.47. The molecule has 1 fully saturated rings. The van der Waals surface area contributed by atoms with Gasteiger partial charge in [-0.15, -0.1) is 0 Å². The van der Waals surface area contributed by atoms with E-state index in [4.69, 9.17) is 0 Å². The highest BCUT2D eigenvalue weighted by molar-refractivity contribution is 5.94. The number of rotatable bonds is 4. The maximum atomic E-state index is 12.6. The lowest BCUT2D eigenvalue weighted by Crippen LogP contribution is -2.50. The van der Waals surface area contributed by atoms with Crippen LogP contribution in [0.5, 0.6) is 0 Å². The molecule has 1 aromatic carbocycles. The number of nitrogens with one attached hydrogen (secondary N) is 1. The fourth-order valence-corrected chi connectivity index (χ4v) is 2.73. The van der Waals surface area contributed by atoms with E-state index in [2.05, 4.69) is 5.32 Å². The lowest BCUT2D eigenvalue weighted by molar-refractivity contribution is -0.125. The molecule has 126 valence electrons. The third-order valence-corrected chi connectivity index (χ3v) is 4.21. The molecular weight excluding hydrogens is 290 g/mol. The predicted molar refractivity (Wildman–Crippen MR) is 92.7 cm³/mol. The molecule has 0 radical (unpaired) electrons. The van der Waals surface area contributed by atoms with E-state index in [-0.39, 0.29) is 23.8 Å². The molecule has 23 heavy (non-hydrogen) atoms. The fourth-order valence-electron chi connectivity index (χ4n) is 2.73. The zero-order valence-electron chi connectivity index (χ0n) is 14.5. The van der Waals surface area contributed by atoms with Gasteiger partial charge in [0.15, 0.2) is 0 Å². The van der Waals surface area contributed by atoms with Gasteiger partial charge in [0.2, 0.25) is 5.91 Å². The highest BCUT2D eigenvalue weighted by atomic mass is 16.2. The van der Waals surface area contributed by atoms with Gasteiger partial charge in [-0.05, 0) is 37.1 Å². The maximum Gasteiger partial charge on any atom is 0.253 e. The number of benzene rings is 1. The summed E-state index contributed by atoms with van der Waals surface area (Å²) in [6.45, 7) is 5.11. The molecule has 2 rings (SSSR count). The molecule has 1 saturated heterocycles. The first-order valence-electron chi connectivity index (χ1n) is 8.25. The molecule has 2 amide bonds. The van der Waals surface area contributed by atoms with Crippen LogP contribution in [0.3, 0.4) is 0 Å². The molecule has 1 aromatic rings. The molecule has 0 spiro atoms. The second-order valence-corrected chi connectivity index (χ2v) is 6.69. The summed E-state index contributed by atoms with van der Waals surface area (Å²) < 4.78 is 0. The smallest absolute Gasteiger partial charge is 0.253 e. The van der Waals surface area contributed by atoms with Crippen molar-refractivity contribution in [3.8, 4) is 0 Å². The minimum Gasteiger partial charge on any atom is -0.378 e. The Hall–Kier alpha value is -2.04. The van der Waals surface area contributed by atoms with Crippen LogP contribution in [0.25, 0.3) is 0 Å². The van der Waals surface area contributed by atoms with Crippen molar-refractivity contribution in [1.29, 1.82) is 0 Å². The van der Waals surface area contributed by atoms with Gasteiger partial charge in [0, 0.05) is 50.4 Å². The van der Waals surface area contributed by atoms with E-state index in [1.807, 2.05) is 62.0 Å². The van der Waals surface area contributed by atoms with Crippen molar-refractivity contribution in [2.75, 3.05) is 32.1 Å². The fraction of sp³-hybridized carbons (Fsp3) is 0.556. The quantitative estimate of drug-likeness (QED) is 0.925. The summed E-state index contributed by atoms with van der Waals surface area (Å²) in [5.41, 5.74) is 1.77. The normalized spacial score (nSPS) is 18.0. The number of hydrogen-bond donors (Lipinski definition) is 1. The lowest BCUT2D eigenvalue weighted by atomic mass is 10.0. The Morgan fingerprint density at radius 1 is 1.22 bits per heavy atom. The van der Waals surface area contributed by atoms with Gasteiger partial charge in [-0.1, -0.05) is 13.8 Å². The Labute approximate surface area is 138 Å². The molecule has 5 nitrogen and oxygen atoms in total. The van der Waals surface area contributed by atoms with Gasteiger partial charge in [0.05, 0.1) is 0 Å². The van der Waals surface area contributed by atoms with Crippen LogP contribution in [-0.2, 0) is 4.79 Å². The zero-order valence-corrected chi connectivity index (χ0v) is 14.5. The molecule has 1 unspecified atom stereocenters. The Morgan fingerprint density at radius 2 is 1.87 bits per heavy atom. The summed E-state index contributed by atoms with van der Waals surface area (Å²) in [7, 11) is 3.95. The number of piperidine rings is 1. The monoisotopic (exact) mass is 317 g/mol. The van der Waals surface area contributed by atoms with Crippen LogP contribution >= 0.6 is 0 Å². The standard InChI is InChI=1S/C18H27N3O2/c1-13(2)17(22)19-15-6-5-11-21(12-15)18(23)14-7-9-16(10-8-14)20(3)4/h7-10,13,15H,5-6,11-12H2,1-4H3,(H,19,22). The predicted octanol–water partition coefficient (Wildman–Crippen LogP) is 2.13. The Bertz CT molecular complexity index is 552. The molecule has 0 saturated carbocycles. The molecule has 1 N–H and O–H groups in total. The number of nitrogens with zero attached hydrogens (tertiary/aromatic N) is 2. The molecular formula is C18H27N3O2. The van der Waals surface area contributed by atoms with Gasteiger partial charge in [-0.2, -0.15) is 0 Å². The van der Waals surface area contributed by atoms with E-state index in [1.54, 1.807) is 0 Å². The summed E-state index contributed by atoms with van der Waals surface area (Å²) >= 11 is 0. The summed E-state index contributed by atoms with van der Waals surface area (Å²) in [5.74, 6) is 0.0677. The summed E-state index contributed by atoms with van der Waals surface area (Å²) in [4.78, 5) is 28.3. The molecule has 1 aliphatic rings. The van der Waals surface area contributed by atoms with Gasteiger partial charge in [0.1, 0.15) is 0 Å². The molecule has 0 aliphatic carbocycles. The van der Waals surface area contributed by atoms with Crippen LogP contribution in [0, 0.1) is 5.92 Å². The number of carbonyl (C=O) groups is 2. The molecule has 0 aromatic heterocycles. The van der Waals surface area contributed by atoms with Crippen molar-refractivity contribution in [3.05, 3.63) is 29.8 Å². The molecule has 1 aliphatic heterocycles. The molecule has 1 atom stereocenters. The number of amides is 2. The zero-order chi connectivity index (χ0) is 17.0. The number of hydrogen-bond acceptors (Lipinski definition) is 3. The first-order chi connectivity index (χ1) is 10.9. The Kier molecular flexibility index (Phi) is 5.64. The van der Waals surface area contributed by atoms with Gasteiger partial charge in [-0.3, -0.25) is 9.59 Å². The van der Waals surface area contributed by atoms with Gasteiger partial charge < -0.3 is 15.1 Å². The third-order valence-electron chi connectivity index (χ3n) is 4.21. The van der Waals surface area contributed by atoms with Gasteiger partial charge in [0.25, 0.3) is 5.91 Å². The SMILES string of the molecule is CC(C)C(=O)NC1CCCN(C(=O)c2ccc(N(C)C)cc2)C1. The van der Waals surface area contributed by atoms with Crippen molar-refractivity contribution < 1.29 is 9.59 Å². The summed E-state index contributed by atoms with van der Waals surface area (Å²) in [5, 5.41) is 3.04. The average Bonchev–Trinajstić information content (AvgIpc) is 2.54. The minimum atomic E-state index is -0.0281. The van der Waals surface area contributed by atoms with Crippen LogP contribution in [0.1, 0.15) is 37.0 Å². The van der Waals surface area contributed by atoms with Crippen LogP contribution < -0.4 is 10.2 Å². The van der Waals surface area contributed by atoms with Crippen molar-refractivity contribution in [3.63, 3.8) is 0 Å². The summed E-state index contributed by atoms with van der Waals surface area (Å²) in [6.07, 6.45) is 1.85.